The van der Waals surface area contributed by atoms with Crippen molar-refractivity contribution in [2.75, 3.05) is 6.54 Å². The maximum absolute atomic E-state index is 16.0. The number of carbonyl (C=O) groups is 2. The highest BCUT2D eigenvalue weighted by atomic mass is 19.1. The molecule has 2 N–H and O–H groups in total. The van der Waals surface area contributed by atoms with E-state index >= 15 is 4.39 Å². The second kappa shape index (κ2) is 11.6. The zero-order valence-corrected chi connectivity index (χ0v) is 21.2. The Balaban J connectivity index is 1.73. The lowest BCUT2D eigenvalue weighted by atomic mass is 9.87. The van der Waals surface area contributed by atoms with Crippen LogP contribution in [-0.2, 0) is 16.0 Å². The normalized spacial score (nSPS) is 16.2. The summed E-state index contributed by atoms with van der Waals surface area (Å²) in [5.41, 5.74) is 3.97. The van der Waals surface area contributed by atoms with E-state index in [9.17, 15) is 9.59 Å². The molecule has 0 radical (unpaired) electrons. The fraction of sp³-hybridized carbons (Fsp3) is 0.367. The molecule has 1 amide bonds. The van der Waals surface area contributed by atoms with Crippen molar-refractivity contribution in [3.63, 3.8) is 0 Å². The Morgan fingerprint density at radius 3 is 2.47 bits per heavy atom. The van der Waals surface area contributed by atoms with Gasteiger partial charge >= 0.3 is 0 Å². The van der Waals surface area contributed by atoms with Gasteiger partial charge in [-0.15, -0.1) is 0 Å². The molecule has 1 aromatic heterocycles. The summed E-state index contributed by atoms with van der Waals surface area (Å²) in [7, 11) is 0. The molecule has 36 heavy (non-hydrogen) atoms. The Labute approximate surface area is 212 Å². The first-order valence-electron chi connectivity index (χ1n) is 12.7. The number of halogens is 1. The Hall–Kier alpha value is -3.38. The predicted molar refractivity (Wildman–Crippen MR) is 140 cm³/mol. The van der Waals surface area contributed by atoms with Crippen LogP contribution in [0.3, 0.4) is 0 Å². The van der Waals surface area contributed by atoms with Gasteiger partial charge in [0.25, 0.3) is 0 Å². The second-order valence-electron chi connectivity index (χ2n) is 9.84. The molecule has 6 heteroatoms. The highest BCUT2D eigenvalue weighted by Gasteiger charge is 2.31. The van der Waals surface area contributed by atoms with Crippen LogP contribution in [0.25, 0.3) is 11.1 Å². The van der Waals surface area contributed by atoms with E-state index < -0.39 is 6.04 Å². The van der Waals surface area contributed by atoms with Crippen molar-refractivity contribution < 1.29 is 14.0 Å². The SMILES string of the molecule is Cc1ccc(CCC(=O)C(NC(=O)C2CCCN2)c2ccc(C(C)C)c(F)c2-c2ccccc2)nc1. The summed E-state index contributed by atoms with van der Waals surface area (Å²) in [6.45, 7) is 6.61. The first-order chi connectivity index (χ1) is 17.3. The summed E-state index contributed by atoms with van der Waals surface area (Å²) in [5, 5.41) is 6.16. The average molecular weight is 488 g/mol. The molecule has 1 aliphatic rings. The average Bonchev–Trinajstić information content (AvgIpc) is 3.42. The third-order valence-corrected chi connectivity index (χ3v) is 6.79. The smallest absolute Gasteiger partial charge is 0.237 e. The van der Waals surface area contributed by atoms with Crippen molar-refractivity contribution in [3.05, 3.63) is 89.0 Å². The summed E-state index contributed by atoms with van der Waals surface area (Å²) in [4.78, 5) is 31.2. The molecule has 0 saturated carbocycles. The van der Waals surface area contributed by atoms with Gasteiger partial charge in [-0.25, -0.2) is 4.39 Å². The zero-order chi connectivity index (χ0) is 25.7. The third-order valence-electron chi connectivity index (χ3n) is 6.79. The quantitative estimate of drug-likeness (QED) is 0.422. The molecule has 1 fully saturated rings. The molecule has 2 aromatic carbocycles. The highest BCUT2D eigenvalue weighted by molar-refractivity contribution is 5.93. The van der Waals surface area contributed by atoms with Gasteiger partial charge in [-0.2, -0.15) is 0 Å². The minimum absolute atomic E-state index is 0.0273. The van der Waals surface area contributed by atoms with Crippen LogP contribution in [0.2, 0.25) is 0 Å². The van der Waals surface area contributed by atoms with E-state index in [2.05, 4.69) is 15.6 Å². The fourth-order valence-corrected chi connectivity index (χ4v) is 4.72. The van der Waals surface area contributed by atoms with Gasteiger partial charge in [0.2, 0.25) is 5.91 Å². The number of aromatic nitrogens is 1. The van der Waals surface area contributed by atoms with Gasteiger partial charge in [0.15, 0.2) is 5.78 Å². The van der Waals surface area contributed by atoms with Gasteiger partial charge in [-0.1, -0.05) is 62.4 Å². The van der Waals surface area contributed by atoms with E-state index in [0.717, 1.165) is 24.2 Å². The standard InChI is InChI=1S/C30H34FN3O2/c1-19(2)23-14-15-24(27(28(23)31)21-8-5-4-6-9-21)29(34-30(36)25-10-7-17-32-25)26(35)16-13-22-12-11-20(3)18-33-22/h4-6,8-9,11-12,14-15,18-19,25,29,32H,7,10,13,16-17H2,1-3H3,(H,34,36). The maximum atomic E-state index is 16.0. The van der Waals surface area contributed by atoms with Crippen molar-refractivity contribution in [2.45, 2.75) is 64.5 Å². The fourth-order valence-electron chi connectivity index (χ4n) is 4.72. The molecule has 2 atom stereocenters. The van der Waals surface area contributed by atoms with Crippen LogP contribution in [0.1, 0.15) is 67.5 Å². The highest BCUT2D eigenvalue weighted by Crippen LogP contribution is 2.36. The number of hydrogen-bond acceptors (Lipinski definition) is 4. The van der Waals surface area contributed by atoms with Crippen LogP contribution in [0.5, 0.6) is 0 Å². The van der Waals surface area contributed by atoms with E-state index in [1.165, 1.54) is 0 Å². The number of rotatable bonds is 9. The number of hydrogen-bond donors (Lipinski definition) is 2. The molecule has 4 rings (SSSR count). The van der Waals surface area contributed by atoms with E-state index in [1.807, 2.05) is 63.2 Å². The summed E-state index contributed by atoms with van der Waals surface area (Å²) in [5.74, 6) is -0.773. The van der Waals surface area contributed by atoms with Gasteiger partial charge in [0, 0.05) is 23.9 Å². The van der Waals surface area contributed by atoms with Crippen LogP contribution >= 0.6 is 0 Å². The Morgan fingerprint density at radius 2 is 1.83 bits per heavy atom. The molecule has 0 aliphatic carbocycles. The Morgan fingerprint density at radius 1 is 1.08 bits per heavy atom. The number of aryl methyl sites for hydroxylation is 2. The van der Waals surface area contributed by atoms with Crippen molar-refractivity contribution in [1.29, 1.82) is 0 Å². The third kappa shape index (κ3) is 5.88. The maximum Gasteiger partial charge on any atom is 0.237 e. The molecule has 0 bridgehead atoms. The first-order valence-corrected chi connectivity index (χ1v) is 12.7. The van der Waals surface area contributed by atoms with Gasteiger partial charge < -0.3 is 10.6 Å². The number of benzene rings is 2. The molecule has 1 aliphatic heterocycles. The molecule has 3 aromatic rings. The van der Waals surface area contributed by atoms with Crippen LogP contribution in [0.15, 0.2) is 60.8 Å². The minimum atomic E-state index is -0.962. The van der Waals surface area contributed by atoms with Gasteiger partial charge in [0.1, 0.15) is 11.9 Å². The molecular formula is C30H34FN3O2. The predicted octanol–water partition coefficient (Wildman–Crippen LogP) is 5.43. The lowest BCUT2D eigenvalue weighted by molar-refractivity contribution is -0.129. The molecule has 0 spiro atoms. The lowest BCUT2D eigenvalue weighted by Crippen LogP contribution is -2.44. The summed E-state index contributed by atoms with van der Waals surface area (Å²) >= 11 is 0. The molecule has 2 heterocycles. The van der Waals surface area contributed by atoms with Crippen LogP contribution in [0, 0.1) is 12.7 Å². The first kappa shape index (κ1) is 25.7. The number of amides is 1. The molecular weight excluding hydrogens is 453 g/mol. The lowest BCUT2D eigenvalue weighted by Gasteiger charge is -2.25. The topological polar surface area (TPSA) is 71.1 Å². The zero-order valence-electron chi connectivity index (χ0n) is 21.2. The number of ketones is 1. The van der Waals surface area contributed by atoms with Gasteiger partial charge in [0.05, 0.1) is 6.04 Å². The van der Waals surface area contributed by atoms with Crippen molar-refractivity contribution >= 4 is 11.7 Å². The Kier molecular flexibility index (Phi) is 8.26. The van der Waals surface area contributed by atoms with E-state index in [0.29, 0.717) is 35.1 Å². The molecule has 1 saturated heterocycles. The number of carbonyl (C=O) groups excluding carboxylic acids is 2. The Bertz CT molecular complexity index is 1200. The van der Waals surface area contributed by atoms with E-state index in [-0.39, 0.29) is 35.9 Å². The van der Waals surface area contributed by atoms with Gasteiger partial charge in [-0.3, -0.25) is 14.6 Å². The van der Waals surface area contributed by atoms with Crippen LogP contribution in [0.4, 0.5) is 4.39 Å². The number of nitrogens with zero attached hydrogens (tertiary/aromatic N) is 1. The van der Waals surface area contributed by atoms with Gasteiger partial charge in [-0.05, 0) is 67.0 Å². The van der Waals surface area contributed by atoms with Crippen LogP contribution in [-0.4, -0.2) is 29.3 Å². The number of Topliss-reactive ketones (excluding diaryl/α,β-unsaturated/α-hetero) is 1. The number of pyridine rings is 1. The van der Waals surface area contributed by atoms with E-state index in [4.69, 9.17) is 0 Å². The monoisotopic (exact) mass is 487 g/mol. The number of nitrogens with one attached hydrogen (secondary N) is 2. The second-order valence-corrected chi connectivity index (χ2v) is 9.84. The minimum Gasteiger partial charge on any atom is -0.341 e. The van der Waals surface area contributed by atoms with E-state index in [1.54, 1.807) is 18.3 Å². The molecule has 5 nitrogen and oxygen atoms in total. The molecule has 2 unspecified atom stereocenters. The summed E-state index contributed by atoms with van der Waals surface area (Å²) in [6.07, 6.45) is 4.02. The molecule has 188 valence electrons. The van der Waals surface area contributed by atoms with Crippen molar-refractivity contribution in [3.8, 4) is 11.1 Å². The summed E-state index contributed by atoms with van der Waals surface area (Å²) < 4.78 is 16.0. The van der Waals surface area contributed by atoms with Crippen LogP contribution < -0.4 is 10.6 Å². The largest absolute Gasteiger partial charge is 0.341 e. The van der Waals surface area contributed by atoms with Crippen molar-refractivity contribution in [2.24, 2.45) is 0 Å². The summed E-state index contributed by atoms with van der Waals surface area (Å²) in [6, 6.07) is 15.3. The van der Waals surface area contributed by atoms with Crippen molar-refractivity contribution in [1.82, 2.24) is 15.6 Å².